The fourth-order valence-corrected chi connectivity index (χ4v) is 6.40. The van der Waals surface area contributed by atoms with Crippen molar-refractivity contribution in [2.75, 3.05) is 13.2 Å². The van der Waals surface area contributed by atoms with Crippen LogP contribution in [-0.4, -0.2) is 94.4 Å². The molecule has 0 aromatic carbocycles. The number of carbonyl (C=O) groups excluding carboxylic acids is 2. The number of hydrogen-bond acceptors (Lipinski definition) is 10. The molecule has 10 atom stereocenters. The standard InChI is InChI=1S/C41H60O10/c1-27(2)21-34(44)29(4)25-48-40(47)33(43)18-13-14-19-37-41(6,26-42)38-24-32(50-37)17-10-7-9-15-28(3)22-36-30(5)35(45)23-31(49-36)16-11-8-12-20-39(46)51-38/h8-15,17,20,22,27,30-38,42-45H,4,7,16,18-19,21,23-26H2,1-3,5-6H3/b11-8+,14-13-,15-9+,17-10+,20-12+,28-22-/t30-,31+,32-,33-,34?,35+,36-,37+,38-,41+/m1/s1. The van der Waals surface area contributed by atoms with E-state index in [9.17, 15) is 30.0 Å². The van der Waals surface area contributed by atoms with Crippen LogP contribution in [0.15, 0.2) is 84.6 Å². The first-order valence-corrected chi connectivity index (χ1v) is 18.2. The minimum Gasteiger partial charge on any atom is -0.459 e. The van der Waals surface area contributed by atoms with Gasteiger partial charge in [0.1, 0.15) is 12.7 Å². The summed E-state index contributed by atoms with van der Waals surface area (Å²) in [5, 5.41) is 41.7. The van der Waals surface area contributed by atoms with Crippen LogP contribution in [0.4, 0.5) is 0 Å². The topological polar surface area (TPSA) is 152 Å². The maximum absolute atomic E-state index is 13.0. The lowest BCUT2D eigenvalue weighted by atomic mass is 9.73. The monoisotopic (exact) mass is 712 g/mol. The third-order valence-electron chi connectivity index (χ3n) is 9.86. The van der Waals surface area contributed by atoms with Crippen molar-refractivity contribution in [2.45, 2.75) is 128 Å². The van der Waals surface area contributed by atoms with Crippen LogP contribution in [0.1, 0.15) is 79.6 Å². The van der Waals surface area contributed by atoms with Crippen LogP contribution >= 0.6 is 0 Å². The number of allylic oxidation sites excluding steroid dienone is 6. The Labute approximate surface area is 303 Å². The summed E-state index contributed by atoms with van der Waals surface area (Å²) < 4.78 is 23.8. The summed E-state index contributed by atoms with van der Waals surface area (Å²) in [5.74, 6) is -1.13. The van der Waals surface area contributed by atoms with Gasteiger partial charge in [0.2, 0.25) is 0 Å². The molecule has 3 aliphatic rings. The first kappa shape index (κ1) is 42.3. The van der Waals surface area contributed by atoms with Gasteiger partial charge in [-0.25, -0.2) is 9.59 Å². The molecule has 4 N–H and O–H groups in total. The summed E-state index contributed by atoms with van der Waals surface area (Å²) in [4.78, 5) is 25.3. The van der Waals surface area contributed by atoms with Gasteiger partial charge in [-0.2, -0.15) is 0 Å². The first-order chi connectivity index (χ1) is 24.2. The number of hydrogen-bond donors (Lipinski definition) is 4. The van der Waals surface area contributed by atoms with Crippen LogP contribution in [0, 0.1) is 17.3 Å². The minimum absolute atomic E-state index is 0.00418. The van der Waals surface area contributed by atoms with E-state index >= 15 is 0 Å². The highest BCUT2D eigenvalue weighted by Gasteiger charge is 2.49. The van der Waals surface area contributed by atoms with Crippen molar-refractivity contribution >= 4 is 11.9 Å². The second-order valence-corrected chi connectivity index (χ2v) is 14.7. The maximum Gasteiger partial charge on any atom is 0.335 e. The highest BCUT2D eigenvalue weighted by atomic mass is 16.6. The molecular weight excluding hydrogens is 652 g/mol. The van der Waals surface area contributed by atoms with Crippen molar-refractivity contribution in [1.29, 1.82) is 0 Å². The Balaban J connectivity index is 1.71. The highest BCUT2D eigenvalue weighted by molar-refractivity contribution is 5.82. The Hall–Kier alpha value is -3.12. The average Bonchev–Trinajstić information content (AvgIpc) is 3.07. The zero-order valence-corrected chi connectivity index (χ0v) is 30.9. The Morgan fingerprint density at radius 3 is 2.59 bits per heavy atom. The van der Waals surface area contributed by atoms with Crippen molar-refractivity contribution in [1.82, 2.24) is 0 Å². The van der Waals surface area contributed by atoms with Crippen LogP contribution in [0.5, 0.6) is 0 Å². The van der Waals surface area contributed by atoms with Crippen LogP contribution in [0.25, 0.3) is 0 Å². The van der Waals surface area contributed by atoms with E-state index in [2.05, 4.69) is 12.7 Å². The maximum atomic E-state index is 13.0. The first-order valence-electron chi connectivity index (χ1n) is 18.2. The lowest BCUT2D eigenvalue weighted by molar-refractivity contribution is -0.198. The molecule has 0 radical (unpaired) electrons. The quantitative estimate of drug-likeness (QED) is 0.162. The molecule has 284 valence electrons. The minimum atomic E-state index is -1.40. The number of aliphatic hydroxyl groups is 4. The molecule has 10 heteroatoms. The van der Waals surface area contributed by atoms with Gasteiger partial charge in [-0.1, -0.05) is 101 Å². The number of fused-ring (bicyclic) bond motifs is 4. The van der Waals surface area contributed by atoms with Crippen molar-refractivity contribution in [3.63, 3.8) is 0 Å². The Morgan fingerprint density at radius 2 is 1.86 bits per heavy atom. The second kappa shape index (κ2) is 20.8. The summed E-state index contributed by atoms with van der Waals surface area (Å²) in [6, 6.07) is 0. The van der Waals surface area contributed by atoms with Crippen molar-refractivity contribution in [3.05, 3.63) is 84.6 Å². The zero-order valence-electron chi connectivity index (χ0n) is 30.9. The van der Waals surface area contributed by atoms with E-state index in [1.807, 2.05) is 65.0 Å². The molecule has 0 aromatic heterocycles. The Kier molecular flexibility index (Phi) is 17.2. The average molecular weight is 713 g/mol. The number of ether oxygens (including phenoxy) is 4. The summed E-state index contributed by atoms with van der Waals surface area (Å²) in [6.07, 6.45) is 18.4. The number of rotatable bonds is 11. The van der Waals surface area contributed by atoms with Gasteiger partial charge >= 0.3 is 11.9 Å². The van der Waals surface area contributed by atoms with Gasteiger partial charge < -0.3 is 39.4 Å². The van der Waals surface area contributed by atoms with Gasteiger partial charge in [-0.15, -0.1) is 0 Å². The Bertz CT molecular complexity index is 1330. The van der Waals surface area contributed by atoms with Crippen molar-refractivity contribution in [3.8, 4) is 0 Å². The molecule has 0 aliphatic carbocycles. The van der Waals surface area contributed by atoms with Crippen LogP contribution in [-0.2, 0) is 28.5 Å². The van der Waals surface area contributed by atoms with Crippen molar-refractivity contribution in [2.24, 2.45) is 17.3 Å². The van der Waals surface area contributed by atoms with E-state index < -0.39 is 54.0 Å². The highest BCUT2D eigenvalue weighted by Crippen LogP contribution is 2.41. The predicted octanol–water partition coefficient (Wildman–Crippen LogP) is 5.38. The third-order valence-corrected chi connectivity index (χ3v) is 9.86. The molecule has 2 fully saturated rings. The SMILES string of the molecule is C=C(COC(=O)[C@H](O)C/C=C\C[C@@H]1O[C@@H]2/C=C/C/C=C/C(C)=C\[C@H]3O[C@@H](C/C=C/C=C/C(=O)O[C@H](C2)[C@@]1(C)CO)C[C@H](O)[C@H]3C)C(O)CC(C)C. The Morgan fingerprint density at radius 1 is 1.10 bits per heavy atom. The van der Waals surface area contributed by atoms with E-state index in [1.165, 1.54) is 6.08 Å². The normalized spacial score (nSPS) is 35.5. The molecule has 10 nitrogen and oxygen atoms in total. The van der Waals surface area contributed by atoms with E-state index in [-0.39, 0.29) is 43.7 Å². The summed E-state index contributed by atoms with van der Waals surface area (Å²) >= 11 is 0. The number of esters is 2. The molecule has 2 saturated heterocycles. The predicted molar refractivity (Wildman–Crippen MR) is 196 cm³/mol. The van der Waals surface area contributed by atoms with Gasteiger partial charge in [0.05, 0.1) is 48.6 Å². The van der Waals surface area contributed by atoms with Crippen molar-refractivity contribution < 1.29 is 49.0 Å². The molecule has 0 aromatic rings. The molecular formula is C41H60O10. The lowest BCUT2D eigenvalue weighted by Crippen LogP contribution is -2.55. The number of aliphatic hydroxyl groups excluding tert-OH is 4. The summed E-state index contributed by atoms with van der Waals surface area (Å²) in [7, 11) is 0. The van der Waals surface area contributed by atoms with E-state index in [0.717, 1.165) is 5.57 Å². The summed E-state index contributed by atoms with van der Waals surface area (Å²) in [6.45, 7) is 13.1. The molecule has 3 rings (SSSR count). The fourth-order valence-electron chi connectivity index (χ4n) is 6.40. The third kappa shape index (κ3) is 13.4. The molecule has 4 bridgehead atoms. The molecule has 0 spiro atoms. The van der Waals surface area contributed by atoms with E-state index in [0.29, 0.717) is 44.1 Å². The molecule has 0 amide bonds. The van der Waals surface area contributed by atoms with Crippen LogP contribution in [0.2, 0.25) is 0 Å². The van der Waals surface area contributed by atoms with Crippen LogP contribution < -0.4 is 0 Å². The smallest absolute Gasteiger partial charge is 0.335 e. The van der Waals surface area contributed by atoms with Gasteiger partial charge in [-0.3, -0.25) is 0 Å². The fraction of sp³-hybridized carbons (Fsp3) is 0.610. The van der Waals surface area contributed by atoms with Crippen LogP contribution in [0.3, 0.4) is 0 Å². The number of carbonyl (C=O) groups is 2. The van der Waals surface area contributed by atoms with Gasteiger partial charge in [0.25, 0.3) is 0 Å². The van der Waals surface area contributed by atoms with E-state index in [1.54, 1.807) is 24.3 Å². The zero-order chi connectivity index (χ0) is 37.6. The van der Waals surface area contributed by atoms with Gasteiger partial charge in [-0.05, 0) is 44.1 Å². The second-order valence-electron chi connectivity index (χ2n) is 14.7. The largest absolute Gasteiger partial charge is 0.459 e. The molecule has 3 aliphatic heterocycles. The summed E-state index contributed by atoms with van der Waals surface area (Å²) in [5.41, 5.74) is 0.477. The molecule has 51 heavy (non-hydrogen) atoms. The van der Waals surface area contributed by atoms with E-state index in [4.69, 9.17) is 18.9 Å². The van der Waals surface area contributed by atoms with Gasteiger partial charge in [0, 0.05) is 31.3 Å². The lowest BCUT2D eigenvalue weighted by Gasteiger charge is -2.47. The molecule has 3 heterocycles. The van der Waals surface area contributed by atoms with Gasteiger partial charge in [0.15, 0.2) is 6.10 Å². The molecule has 1 unspecified atom stereocenters. The molecule has 0 saturated carbocycles.